The summed E-state index contributed by atoms with van der Waals surface area (Å²) in [5.41, 5.74) is 7.04. The molecule has 3 N–H and O–H groups in total. The first-order valence-electron chi connectivity index (χ1n) is 6.42. The lowest BCUT2D eigenvalue weighted by molar-refractivity contribution is -0.00121. The minimum Gasteiger partial charge on any atom is -0.384 e. The van der Waals surface area contributed by atoms with E-state index in [9.17, 15) is 5.11 Å². The van der Waals surface area contributed by atoms with E-state index in [0.29, 0.717) is 5.92 Å². The minimum absolute atomic E-state index is 0.113. The van der Waals surface area contributed by atoms with Crippen LogP contribution in [0.15, 0.2) is 24.3 Å². The van der Waals surface area contributed by atoms with Crippen molar-refractivity contribution in [2.75, 3.05) is 6.54 Å². The molecule has 1 atom stereocenters. The molecule has 0 heterocycles. The molecule has 0 saturated heterocycles. The predicted molar refractivity (Wildman–Crippen MR) is 72.8 cm³/mol. The van der Waals surface area contributed by atoms with Crippen LogP contribution < -0.4 is 5.73 Å². The zero-order chi connectivity index (χ0) is 13.1. The van der Waals surface area contributed by atoms with E-state index in [1.54, 1.807) is 0 Å². The van der Waals surface area contributed by atoms with Gasteiger partial charge in [0.1, 0.15) is 5.60 Å². The molecule has 0 bridgehead atoms. The Hall–Kier alpha value is -0.860. The van der Waals surface area contributed by atoms with Gasteiger partial charge in [0.05, 0.1) is 0 Å². The molecule has 0 fully saturated rings. The van der Waals surface area contributed by atoms with Gasteiger partial charge >= 0.3 is 0 Å². The van der Waals surface area contributed by atoms with Crippen LogP contribution in [0.5, 0.6) is 0 Å². The van der Waals surface area contributed by atoms with Crippen molar-refractivity contribution in [3.63, 3.8) is 0 Å². The fraction of sp³-hybridized carbons (Fsp3) is 0.600. The zero-order valence-electron chi connectivity index (χ0n) is 11.4. The number of hydrogen-bond donors (Lipinski definition) is 2. The van der Waals surface area contributed by atoms with Crippen LogP contribution in [0.1, 0.15) is 38.8 Å². The maximum Gasteiger partial charge on any atom is 0.104 e. The number of nitrogens with two attached hydrogens (primary N) is 1. The third kappa shape index (κ3) is 3.30. The normalized spacial score (nSPS) is 15.3. The Morgan fingerprint density at radius 2 is 1.88 bits per heavy atom. The molecule has 0 radical (unpaired) electrons. The van der Waals surface area contributed by atoms with Gasteiger partial charge in [-0.3, -0.25) is 0 Å². The van der Waals surface area contributed by atoms with Gasteiger partial charge in [-0.1, -0.05) is 52.0 Å². The van der Waals surface area contributed by atoms with Gasteiger partial charge in [0.15, 0.2) is 0 Å². The average Bonchev–Trinajstić information content (AvgIpc) is 2.27. The predicted octanol–water partition coefficient (Wildman–Crippen LogP) is 2.69. The fourth-order valence-corrected chi connectivity index (χ4v) is 2.13. The molecule has 0 aromatic heterocycles. The van der Waals surface area contributed by atoms with E-state index >= 15 is 0 Å². The van der Waals surface area contributed by atoms with E-state index < -0.39 is 5.60 Å². The molecule has 1 aromatic rings. The summed E-state index contributed by atoms with van der Waals surface area (Å²) in [6, 6.07) is 8.18. The van der Waals surface area contributed by atoms with E-state index in [0.717, 1.165) is 12.0 Å². The van der Waals surface area contributed by atoms with E-state index in [-0.39, 0.29) is 12.5 Å². The summed E-state index contributed by atoms with van der Waals surface area (Å²) in [6.45, 7) is 8.66. The molecule has 0 spiro atoms. The number of rotatable bonds is 5. The maximum atomic E-state index is 10.6. The van der Waals surface area contributed by atoms with Crippen LogP contribution in [0.2, 0.25) is 0 Å². The average molecular weight is 235 g/mol. The van der Waals surface area contributed by atoms with Crippen molar-refractivity contribution in [2.24, 2.45) is 17.6 Å². The molecule has 0 aliphatic carbocycles. The zero-order valence-corrected chi connectivity index (χ0v) is 11.4. The Morgan fingerprint density at radius 3 is 2.35 bits per heavy atom. The highest BCUT2D eigenvalue weighted by Crippen LogP contribution is 2.29. The van der Waals surface area contributed by atoms with Gasteiger partial charge in [0.25, 0.3) is 0 Å². The third-order valence-corrected chi connectivity index (χ3v) is 3.34. The Labute approximate surface area is 105 Å². The Balaban J connectivity index is 3.05. The van der Waals surface area contributed by atoms with E-state index in [2.05, 4.69) is 26.0 Å². The first kappa shape index (κ1) is 14.2. The summed E-state index contributed by atoms with van der Waals surface area (Å²) >= 11 is 0. The van der Waals surface area contributed by atoms with Crippen LogP contribution in [-0.2, 0) is 12.0 Å². The Morgan fingerprint density at radius 1 is 1.24 bits per heavy atom. The van der Waals surface area contributed by atoms with Crippen LogP contribution in [-0.4, -0.2) is 11.7 Å². The molecule has 0 saturated carbocycles. The largest absolute Gasteiger partial charge is 0.384 e. The number of benzene rings is 1. The van der Waals surface area contributed by atoms with E-state index in [1.165, 1.54) is 5.56 Å². The van der Waals surface area contributed by atoms with E-state index in [4.69, 9.17) is 5.73 Å². The van der Waals surface area contributed by atoms with Gasteiger partial charge in [-0.25, -0.2) is 0 Å². The molecule has 96 valence electrons. The second-order valence-corrected chi connectivity index (χ2v) is 5.58. The third-order valence-electron chi connectivity index (χ3n) is 3.34. The Kier molecular flexibility index (Phi) is 4.72. The molecule has 1 rings (SSSR count). The first-order valence-corrected chi connectivity index (χ1v) is 6.42. The second-order valence-electron chi connectivity index (χ2n) is 5.58. The van der Waals surface area contributed by atoms with Crippen molar-refractivity contribution in [3.8, 4) is 0 Å². The fourth-order valence-electron chi connectivity index (χ4n) is 2.13. The minimum atomic E-state index is -0.910. The summed E-state index contributed by atoms with van der Waals surface area (Å²) in [5.74, 6) is 0.733. The van der Waals surface area contributed by atoms with Gasteiger partial charge < -0.3 is 10.8 Å². The quantitative estimate of drug-likeness (QED) is 0.824. The highest BCUT2D eigenvalue weighted by molar-refractivity contribution is 5.29. The van der Waals surface area contributed by atoms with Crippen molar-refractivity contribution >= 4 is 0 Å². The molecule has 0 aliphatic heterocycles. The van der Waals surface area contributed by atoms with E-state index in [1.807, 2.05) is 26.0 Å². The van der Waals surface area contributed by atoms with Gasteiger partial charge in [0, 0.05) is 6.54 Å². The van der Waals surface area contributed by atoms with Crippen molar-refractivity contribution in [1.29, 1.82) is 0 Å². The first-order chi connectivity index (χ1) is 7.90. The molecule has 2 heteroatoms. The molecule has 1 unspecified atom stereocenters. The van der Waals surface area contributed by atoms with Crippen molar-refractivity contribution in [1.82, 2.24) is 0 Å². The smallest absolute Gasteiger partial charge is 0.104 e. The van der Waals surface area contributed by atoms with Gasteiger partial charge in [-0.15, -0.1) is 0 Å². The van der Waals surface area contributed by atoms with Crippen LogP contribution in [0.4, 0.5) is 0 Å². The molecule has 2 nitrogen and oxygen atoms in total. The van der Waals surface area contributed by atoms with Gasteiger partial charge in [0.2, 0.25) is 0 Å². The number of hydrogen-bond acceptors (Lipinski definition) is 2. The topological polar surface area (TPSA) is 46.2 Å². The SMILES string of the molecule is CC(C)Cc1cccc(C(O)(CN)C(C)C)c1. The lowest BCUT2D eigenvalue weighted by atomic mass is 9.82. The second kappa shape index (κ2) is 5.65. The summed E-state index contributed by atoms with van der Waals surface area (Å²) < 4.78 is 0. The van der Waals surface area contributed by atoms with Crippen molar-refractivity contribution in [2.45, 2.75) is 39.7 Å². The van der Waals surface area contributed by atoms with Crippen molar-refractivity contribution < 1.29 is 5.11 Å². The van der Waals surface area contributed by atoms with Crippen molar-refractivity contribution in [3.05, 3.63) is 35.4 Å². The number of aliphatic hydroxyl groups is 1. The Bertz CT molecular complexity index is 360. The standard InChI is InChI=1S/C15H25NO/c1-11(2)8-13-6-5-7-14(9-13)15(17,10-16)12(3)4/h5-7,9,11-12,17H,8,10,16H2,1-4H3. The van der Waals surface area contributed by atoms with Crippen LogP contribution in [0.3, 0.4) is 0 Å². The highest BCUT2D eigenvalue weighted by Gasteiger charge is 2.31. The van der Waals surface area contributed by atoms with Gasteiger partial charge in [-0.2, -0.15) is 0 Å². The molecule has 1 aromatic carbocycles. The van der Waals surface area contributed by atoms with Crippen LogP contribution >= 0.6 is 0 Å². The molecule has 0 amide bonds. The highest BCUT2D eigenvalue weighted by atomic mass is 16.3. The lowest BCUT2D eigenvalue weighted by Gasteiger charge is -2.31. The molecular weight excluding hydrogens is 210 g/mol. The van der Waals surface area contributed by atoms with Crippen LogP contribution in [0, 0.1) is 11.8 Å². The van der Waals surface area contributed by atoms with Gasteiger partial charge in [-0.05, 0) is 29.4 Å². The summed E-state index contributed by atoms with van der Waals surface area (Å²) in [4.78, 5) is 0. The summed E-state index contributed by atoms with van der Waals surface area (Å²) in [6.07, 6.45) is 1.03. The van der Waals surface area contributed by atoms with Crippen LogP contribution in [0.25, 0.3) is 0 Å². The molecular formula is C15H25NO. The monoisotopic (exact) mass is 235 g/mol. The summed E-state index contributed by atoms with van der Waals surface area (Å²) in [5, 5.41) is 10.6. The lowest BCUT2D eigenvalue weighted by Crippen LogP contribution is -2.40. The summed E-state index contributed by atoms with van der Waals surface area (Å²) in [7, 11) is 0. The maximum absolute atomic E-state index is 10.6. The molecule has 17 heavy (non-hydrogen) atoms. The molecule has 0 aliphatic rings.